The number of hydrogen-bond donors (Lipinski definition) is 2. The fourth-order valence-electron chi connectivity index (χ4n) is 5.54. The van der Waals surface area contributed by atoms with Crippen LogP contribution >= 0.6 is 0 Å². The first-order valence-electron chi connectivity index (χ1n) is 12.6. The molecule has 2 aliphatic heterocycles. The number of piperidine rings is 1. The molecule has 1 unspecified atom stereocenters. The molecule has 0 radical (unpaired) electrons. The van der Waals surface area contributed by atoms with Crippen molar-refractivity contribution in [1.82, 2.24) is 14.7 Å². The number of nitrogens with one attached hydrogen (secondary N) is 1. The third-order valence-electron chi connectivity index (χ3n) is 7.27. The zero-order chi connectivity index (χ0) is 26.0. The van der Waals surface area contributed by atoms with E-state index in [4.69, 9.17) is 20.3 Å². The molecule has 1 aromatic heterocycles. The fraction of sp³-hybridized carbons (Fsp3) is 0.519. The van der Waals surface area contributed by atoms with E-state index in [1.165, 1.54) is 6.08 Å². The molecule has 2 aliphatic rings. The van der Waals surface area contributed by atoms with Crippen LogP contribution in [-0.2, 0) is 11.2 Å². The Hall–Kier alpha value is -3.49. The first-order chi connectivity index (χ1) is 17.3. The van der Waals surface area contributed by atoms with Gasteiger partial charge in [0.25, 0.3) is 5.91 Å². The number of benzene rings is 1. The number of carbonyl (C=O) groups is 2. The summed E-state index contributed by atoms with van der Waals surface area (Å²) in [6, 6.07) is 3.93. The number of amides is 2. The van der Waals surface area contributed by atoms with Gasteiger partial charge in [0.2, 0.25) is 5.91 Å². The van der Waals surface area contributed by atoms with Crippen LogP contribution in [0, 0.1) is 11.8 Å². The summed E-state index contributed by atoms with van der Waals surface area (Å²) in [5.74, 6) is 2.24. The average Bonchev–Trinajstić information content (AvgIpc) is 3.28. The van der Waals surface area contributed by atoms with E-state index in [1.807, 2.05) is 21.7 Å². The number of ether oxygens (including phenoxy) is 2. The number of likely N-dealkylation sites (tertiary alicyclic amines) is 1. The summed E-state index contributed by atoms with van der Waals surface area (Å²) in [5, 5.41) is 8.32. The van der Waals surface area contributed by atoms with E-state index in [1.54, 1.807) is 14.2 Å². The van der Waals surface area contributed by atoms with Gasteiger partial charge in [0, 0.05) is 30.8 Å². The highest BCUT2D eigenvalue weighted by Gasteiger charge is 2.36. The van der Waals surface area contributed by atoms with Gasteiger partial charge in [-0.15, -0.1) is 0 Å². The number of hydrogen-bond acceptors (Lipinski definition) is 6. The molecule has 1 fully saturated rings. The van der Waals surface area contributed by atoms with Gasteiger partial charge in [0.05, 0.1) is 20.3 Å². The van der Waals surface area contributed by atoms with E-state index in [-0.39, 0.29) is 11.9 Å². The highest BCUT2D eigenvalue weighted by atomic mass is 16.5. The third-order valence-corrected chi connectivity index (χ3v) is 7.27. The lowest BCUT2D eigenvalue weighted by Gasteiger charge is -2.38. The monoisotopic (exact) mass is 495 g/mol. The molecule has 3 heterocycles. The van der Waals surface area contributed by atoms with Gasteiger partial charge >= 0.3 is 0 Å². The highest BCUT2D eigenvalue weighted by molar-refractivity contribution is 6.04. The Labute approximate surface area is 212 Å². The Bertz CT molecular complexity index is 1120. The van der Waals surface area contributed by atoms with Crippen molar-refractivity contribution in [1.29, 1.82) is 0 Å². The van der Waals surface area contributed by atoms with Crippen molar-refractivity contribution in [3.63, 3.8) is 0 Å². The quantitative estimate of drug-likeness (QED) is 0.541. The first-order valence-corrected chi connectivity index (χ1v) is 12.6. The van der Waals surface area contributed by atoms with Crippen molar-refractivity contribution < 1.29 is 19.1 Å². The molecule has 0 spiro atoms. The van der Waals surface area contributed by atoms with Crippen molar-refractivity contribution in [3.8, 4) is 22.8 Å². The number of aromatic nitrogens is 2. The van der Waals surface area contributed by atoms with Gasteiger partial charge in [-0.2, -0.15) is 5.10 Å². The molecule has 9 heteroatoms. The molecule has 0 saturated carbocycles. The van der Waals surface area contributed by atoms with Crippen molar-refractivity contribution in [2.45, 2.75) is 45.6 Å². The van der Waals surface area contributed by atoms with E-state index in [9.17, 15) is 9.59 Å². The van der Waals surface area contributed by atoms with Crippen molar-refractivity contribution in [2.24, 2.45) is 17.6 Å². The molecule has 1 atom stereocenters. The molecular formula is C27H37N5O4. The number of methoxy groups -OCH3 is 2. The van der Waals surface area contributed by atoms with Crippen LogP contribution in [0.4, 0.5) is 5.82 Å². The number of carbonyl (C=O) groups excluding carboxylic acids is 2. The Morgan fingerprint density at radius 3 is 2.36 bits per heavy atom. The average molecular weight is 496 g/mol. The lowest BCUT2D eigenvalue weighted by Crippen LogP contribution is -2.41. The summed E-state index contributed by atoms with van der Waals surface area (Å²) in [6.07, 6.45) is 4.79. The van der Waals surface area contributed by atoms with Crippen molar-refractivity contribution >= 4 is 17.6 Å². The van der Waals surface area contributed by atoms with Gasteiger partial charge < -0.3 is 25.4 Å². The second-order valence-corrected chi connectivity index (χ2v) is 9.99. The Morgan fingerprint density at radius 1 is 1.19 bits per heavy atom. The smallest absolute Gasteiger partial charge is 0.254 e. The summed E-state index contributed by atoms with van der Waals surface area (Å²) in [7, 11) is 3.27. The molecule has 36 heavy (non-hydrogen) atoms. The summed E-state index contributed by atoms with van der Waals surface area (Å²) < 4.78 is 13.4. The highest BCUT2D eigenvalue weighted by Crippen LogP contribution is 2.42. The molecule has 4 rings (SSSR count). The van der Waals surface area contributed by atoms with Crippen LogP contribution in [0.25, 0.3) is 11.3 Å². The number of nitrogens with zero attached hydrogens (tertiary/aromatic N) is 3. The van der Waals surface area contributed by atoms with E-state index in [0.29, 0.717) is 53.5 Å². The lowest BCUT2D eigenvalue weighted by atomic mass is 9.87. The Morgan fingerprint density at radius 2 is 1.83 bits per heavy atom. The maximum atomic E-state index is 12.7. The summed E-state index contributed by atoms with van der Waals surface area (Å²) >= 11 is 0. The summed E-state index contributed by atoms with van der Waals surface area (Å²) in [6.45, 7) is 10.00. The number of primary amides is 1. The minimum Gasteiger partial charge on any atom is -0.496 e. The molecule has 2 amide bonds. The zero-order valence-electron chi connectivity index (χ0n) is 21.7. The second kappa shape index (κ2) is 10.6. The molecule has 3 N–H and O–H groups in total. The van der Waals surface area contributed by atoms with Crippen LogP contribution in [0.2, 0.25) is 0 Å². The van der Waals surface area contributed by atoms with Crippen LogP contribution in [0.5, 0.6) is 11.5 Å². The molecule has 2 aromatic rings. The Kier molecular flexibility index (Phi) is 7.56. The maximum Gasteiger partial charge on any atom is 0.254 e. The van der Waals surface area contributed by atoms with Gasteiger partial charge in [0.1, 0.15) is 28.6 Å². The lowest BCUT2D eigenvalue weighted by molar-refractivity contribution is -0.127. The SMILES string of the molecule is C=CC(=O)N1CCC(C2CCNc3c(C(N)=O)c(-c4cc(OC)c(CC(C)C)c(OC)c4)nn32)CC1. The number of rotatable bonds is 8. The van der Waals surface area contributed by atoms with Gasteiger partial charge in [-0.3, -0.25) is 9.59 Å². The van der Waals surface area contributed by atoms with Gasteiger partial charge in [-0.25, -0.2) is 4.68 Å². The standard InChI is InChI=1S/C27H37N5O4/c1-6-23(33)31-11-8-17(9-12-31)20-7-10-29-27-24(26(28)34)25(30-32(20)27)18-14-21(35-4)19(13-16(2)3)22(15-18)36-5/h6,14-17,20,29H,1,7-13H2,2-5H3,(H2,28,34). The predicted molar refractivity (Wildman–Crippen MR) is 139 cm³/mol. The first kappa shape index (κ1) is 25.6. The van der Waals surface area contributed by atoms with E-state index in [2.05, 4.69) is 25.7 Å². The molecule has 1 saturated heterocycles. The number of fused-ring (bicyclic) bond motifs is 1. The van der Waals surface area contributed by atoms with Gasteiger partial charge in [-0.05, 0) is 55.7 Å². The fourth-order valence-corrected chi connectivity index (χ4v) is 5.54. The van der Waals surface area contributed by atoms with Gasteiger partial charge in [-0.1, -0.05) is 20.4 Å². The Balaban J connectivity index is 1.74. The van der Waals surface area contributed by atoms with Crippen LogP contribution in [0.3, 0.4) is 0 Å². The molecular weight excluding hydrogens is 458 g/mol. The minimum absolute atomic E-state index is 0.0272. The minimum atomic E-state index is -0.532. The van der Waals surface area contributed by atoms with Crippen LogP contribution in [0.1, 0.15) is 55.1 Å². The van der Waals surface area contributed by atoms with Crippen LogP contribution in [0.15, 0.2) is 24.8 Å². The van der Waals surface area contributed by atoms with E-state index >= 15 is 0 Å². The maximum absolute atomic E-state index is 12.7. The molecule has 0 aliphatic carbocycles. The molecule has 9 nitrogen and oxygen atoms in total. The van der Waals surface area contributed by atoms with Crippen LogP contribution < -0.4 is 20.5 Å². The molecule has 194 valence electrons. The second-order valence-electron chi connectivity index (χ2n) is 9.99. The summed E-state index contributed by atoms with van der Waals surface area (Å²) in [5.41, 5.74) is 8.50. The topological polar surface area (TPSA) is 112 Å². The predicted octanol–water partition coefficient (Wildman–Crippen LogP) is 3.65. The summed E-state index contributed by atoms with van der Waals surface area (Å²) in [4.78, 5) is 26.6. The van der Waals surface area contributed by atoms with Gasteiger partial charge in [0.15, 0.2) is 0 Å². The van der Waals surface area contributed by atoms with Crippen molar-refractivity contribution in [2.75, 3.05) is 39.2 Å². The largest absolute Gasteiger partial charge is 0.496 e. The molecule has 1 aromatic carbocycles. The van der Waals surface area contributed by atoms with Crippen molar-refractivity contribution in [3.05, 3.63) is 35.9 Å². The third kappa shape index (κ3) is 4.79. The molecule has 0 bridgehead atoms. The number of nitrogens with two attached hydrogens (primary N) is 1. The van der Waals surface area contributed by atoms with E-state index in [0.717, 1.165) is 43.4 Å². The zero-order valence-corrected chi connectivity index (χ0v) is 21.7. The number of anilines is 1. The van der Waals surface area contributed by atoms with E-state index < -0.39 is 5.91 Å². The van der Waals surface area contributed by atoms with Crippen LogP contribution in [-0.4, -0.2) is 60.3 Å². The normalized spacial score (nSPS) is 17.9.